The van der Waals surface area contributed by atoms with Crippen LogP contribution in [0.1, 0.15) is 232 Å². The van der Waals surface area contributed by atoms with Crippen molar-refractivity contribution in [1.29, 1.82) is 0 Å². The van der Waals surface area contributed by atoms with Gasteiger partial charge in [0.05, 0.1) is 95.8 Å². The number of alkyl halides is 12. The summed E-state index contributed by atoms with van der Waals surface area (Å²) in [5.41, 5.74) is 12.9. The number of rotatable bonds is 20. The number of carbonyl (C=O) groups is 5. The van der Waals surface area contributed by atoms with Gasteiger partial charge in [0.1, 0.15) is 55.7 Å². The molecule has 0 bridgehead atoms. The van der Waals surface area contributed by atoms with E-state index < -0.39 is 132 Å². The number of aryl methyl sites for hydroxylation is 8. The Morgan fingerprint density at radius 2 is 0.635 bits per heavy atom. The molecule has 0 saturated carbocycles. The molecule has 137 heavy (non-hydrogen) atoms. The lowest BCUT2D eigenvalue weighted by molar-refractivity contribution is -0.138. The molecule has 12 aromatic rings. The van der Waals surface area contributed by atoms with E-state index in [1.165, 1.54) is 67.0 Å². The molecule has 8 aromatic carbocycles. The number of thiazole rings is 4. The van der Waals surface area contributed by atoms with Crippen LogP contribution >= 0.6 is 45.3 Å². The van der Waals surface area contributed by atoms with Gasteiger partial charge >= 0.3 is 49.1 Å². The van der Waals surface area contributed by atoms with Crippen molar-refractivity contribution in [2.24, 2.45) is 0 Å². The molecular formula is C102H100F12N8O11S4. The number of hydrogen-bond acceptors (Lipinski definition) is 19. The molecular weight excluding hydrogens is 1870 g/mol. The normalized spacial score (nSPS) is 18.7. The van der Waals surface area contributed by atoms with Crippen LogP contribution in [0.25, 0.3) is 47.9 Å². The molecule has 4 aliphatic rings. The SMILES string of the molecule is C=C(C)c1csc(-c2ccc(C)cc2CN2C(=O)O[C@H](c3cc(C)cc(C(F)(F)F)c3)[C@@H]2C)n1.CC(=O)c1csc(-c2ccc(C)cc2CN2C(=O)O[C@H](c3cc(C)cc(C(F)(F)F)c3)[C@@H]2C)n1.Cc1cc([C@H]2OC(=O)N(Cc3cc(C)ccc3-c3nc(C(C)(C)O)cs3)[C@H]2C)cc(C(F)(F)F)c1.Cc1cc([C@H]2OC(=O)N(Cc3cc(C)ccc3-c3nc(C(C)O)cs3)[C@H]2C)cc(C(F)(F)F)c1. The van der Waals surface area contributed by atoms with E-state index in [2.05, 4.69) is 26.5 Å². The number of allylic oxidation sites excluding steroid dienone is 1. The van der Waals surface area contributed by atoms with Crippen molar-refractivity contribution >= 4 is 81.1 Å². The van der Waals surface area contributed by atoms with Crippen molar-refractivity contribution in [2.45, 2.75) is 229 Å². The highest BCUT2D eigenvalue weighted by molar-refractivity contribution is 7.14. The van der Waals surface area contributed by atoms with Gasteiger partial charge in [0, 0.05) is 50.7 Å². The molecule has 2 N–H and O–H groups in total. The zero-order chi connectivity index (χ0) is 100. The van der Waals surface area contributed by atoms with E-state index in [9.17, 15) is 86.9 Å². The number of cyclic esters (lactones) is 4. The number of amides is 4. The van der Waals surface area contributed by atoms with Crippen LogP contribution in [0, 0.1) is 55.4 Å². The molecule has 35 heteroatoms. The molecule has 722 valence electrons. The van der Waals surface area contributed by atoms with Gasteiger partial charge in [-0.3, -0.25) is 24.4 Å². The molecule has 4 amide bonds. The summed E-state index contributed by atoms with van der Waals surface area (Å²) in [6, 6.07) is 36.5. The Balaban J connectivity index is 0.000000154. The first-order valence-corrected chi connectivity index (χ1v) is 47.0. The van der Waals surface area contributed by atoms with Gasteiger partial charge in [-0.25, -0.2) is 39.1 Å². The summed E-state index contributed by atoms with van der Waals surface area (Å²) in [5.74, 6) is -0.132. The van der Waals surface area contributed by atoms with Crippen molar-refractivity contribution in [3.8, 4) is 42.3 Å². The van der Waals surface area contributed by atoms with Crippen molar-refractivity contribution in [2.75, 3.05) is 0 Å². The Hall–Kier alpha value is -12.2. The molecule has 9 atom stereocenters. The van der Waals surface area contributed by atoms with E-state index in [0.717, 1.165) is 137 Å². The van der Waals surface area contributed by atoms with Crippen LogP contribution in [0.4, 0.5) is 71.9 Å². The summed E-state index contributed by atoms with van der Waals surface area (Å²) in [6.45, 7) is 34.4. The second-order valence-corrected chi connectivity index (χ2v) is 39.0. The number of aliphatic hydroxyl groups excluding tert-OH is 1. The first kappa shape index (κ1) is 102. The minimum Gasteiger partial charge on any atom is -0.439 e. The lowest BCUT2D eigenvalue weighted by Crippen LogP contribution is -2.31. The van der Waals surface area contributed by atoms with Crippen LogP contribution < -0.4 is 0 Å². The molecule has 4 aliphatic heterocycles. The Labute approximate surface area is 800 Å². The standard InChI is InChI=1S/C26H27F3N2O3S.C26H25F3N2O2S.C25H25F3N2O3S.C25H23F3N2O3S/c1-14-6-7-20(23-30-21(13-35-23)25(4,5)33)18(8-14)12-31-16(3)22(34-24(31)32)17-9-15(2)10-19(11-17)26(27,28)29;1-14(2)22-13-34-24(30-22)21-7-6-15(3)8-19(21)12-31-17(5)23(33-25(31)32)18-9-16(4)10-20(11-18)26(27,28)29;2*1-13-5-6-20(23-29-21(12-34-23)16(4)31)18(7-13)11-30-15(3)22(33-24(30)32)17-8-14(2)9-19(10-17)25(26,27)28/h6-11,13,16,22,33H,12H2,1-5H3;6-11,13,17,23H,1,12H2,2-5H3;5-10,12,15-16,22,31H,11H2,1-4H3;5-10,12,15,22H,11H2,1-4H3/t16-,22-;17-,23-;15-,16?,22-;15-,22-/m0000/s1. The zero-order valence-corrected chi connectivity index (χ0v) is 81.0. The summed E-state index contributed by atoms with van der Waals surface area (Å²) >= 11 is 5.64. The fourth-order valence-electron chi connectivity index (χ4n) is 16.6. The highest BCUT2D eigenvalue weighted by Crippen LogP contribution is 2.47. The summed E-state index contributed by atoms with van der Waals surface area (Å²) in [6.07, 6.45) is -24.2. The minimum atomic E-state index is -4.49. The van der Waals surface area contributed by atoms with E-state index in [1.807, 2.05) is 113 Å². The van der Waals surface area contributed by atoms with Crippen molar-refractivity contribution in [1.82, 2.24) is 39.5 Å². The maximum Gasteiger partial charge on any atom is 0.416 e. The summed E-state index contributed by atoms with van der Waals surface area (Å²) in [4.78, 5) is 87.3. The highest BCUT2D eigenvalue weighted by atomic mass is 32.1. The molecule has 16 rings (SSSR count). The number of ketones is 1. The highest BCUT2D eigenvalue weighted by Gasteiger charge is 2.47. The Kier molecular flexibility index (Phi) is 30.2. The van der Waals surface area contributed by atoms with Crippen molar-refractivity contribution < 1.29 is 106 Å². The third-order valence-corrected chi connectivity index (χ3v) is 27.3. The molecule has 1 unspecified atom stereocenters. The van der Waals surface area contributed by atoms with Crippen LogP contribution in [-0.2, 0) is 75.4 Å². The van der Waals surface area contributed by atoms with Gasteiger partial charge in [-0.15, -0.1) is 45.3 Å². The van der Waals surface area contributed by atoms with Crippen molar-refractivity contribution in [3.63, 3.8) is 0 Å². The van der Waals surface area contributed by atoms with Crippen LogP contribution in [0.15, 0.2) is 174 Å². The van der Waals surface area contributed by atoms with Gasteiger partial charge in [-0.2, -0.15) is 52.7 Å². The molecule has 4 aromatic heterocycles. The number of carbonyl (C=O) groups excluding carboxylic acids is 5. The zero-order valence-electron chi connectivity index (χ0n) is 77.7. The fraction of sp³-hybridized carbons (Fsp3) is 0.343. The quantitative estimate of drug-likeness (QED) is 0.0411. The Bertz CT molecular complexity index is 6370. The summed E-state index contributed by atoms with van der Waals surface area (Å²) in [5, 5.41) is 30.3. The van der Waals surface area contributed by atoms with Gasteiger partial charge < -0.3 is 29.2 Å². The largest absolute Gasteiger partial charge is 0.439 e. The molecule has 0 aliphatic carbocycles. The number of halogens is 12. The molecule has 0 radical (unpaired) electrons. The predicted octanol–water partition coefficient (Wildman–Crippen LogP) is 27.6. The van der Waals surface area contributed by atoms with E-state index >= 15 is 0 Å². The second-order valence-electron chi connectivity index (χ2n) is 35.6. The maximum absolute atomic E-state index is 13.4. The third kappa shape index (κ3) is 23.8. The number of Topliss-reactive ketones (excluding diaryl/α,β-unsaturated/α-hetero) is 1. The van der Waals surface area contributed by atoms with E-state index in [0.29, 0.717) is 71.6 Å². The number of ether oxygens (including phenoxy) is 4. The second kappa shape index (κ2) is 40.5. The van der Waals surface area contributed by atoms with E-state index in [1.54, 1.807) is 121 Å². The smallest absolute Gasteiger partial charge is 0.416 e. The minimum absolute atomic E-state index is 0.132. The van der Waals surface area contributed by atoms with Crippen molar-refractivity contribution in [3.05, 3.63) is 308 Å². The molecule has 4 saturated heterocycles. The van der Waals surface area contributed by atoms with Crippen LogP contribution in [0.5, 0.6) is 0 Å². The van der Waals surface area contributed by atoms with Crippen LogP contribution in [-0.4, -0.2) is 104 Å². The average molecular weight is 1970 g/mol. The van der Waals surface area contributed by atoms with Gasteiger partial charge in [-0.1, -0.05) is 148 Å². The number of aromatic nitrogens is 4. The van der Waals surface area contributed by atoms with Gasteiger partial charge in [-0.05, 0) is 209 Å². The van der Waals surface area contributed by atoms with Crippen LogP contribution in [0.2, 0.25) is 0 Å². The lowest BCUT2D eigenvalue weighted by atomic mass is 9.97. The average Bonchev–Trinajstić information content (AvgIpc) is 1.65. The molecule has 8 heterocycles. The summed E-state index contributed by atoms with van der Waals surface area (Å²) in [7, 11) is 0. The number of benzene rings is 8. The van der Waals surface area contributed by atoms with Gasteiger partial charge in [0.15, 0.2) is 5.78 Å². The van der Waals surface area contributed by atoms with Crippen LogP contribution in [0.3, 0.4) is 0 Å². The third-order valence-electron chi connectivity index (χ3n) is 23.8. The lowest BCUT2D eigenvalue weighted by Gasteiger charge is -2.23. The maximum atomic E-state index is 13.4. The molecule has 4 fully saturated rings. The Morgan fingerprint density at radius 3 is 0.869 bits per heavy atom. The fourth-order valence-corrected chi connectivity index (χ4v) is 20.5. The molecule has 0 spiro atoms. The summed E-state index contributed by atoms with van der Waals surface area (Å²) < 4.78 is 182. The van der Waals surface area contributed by atoms with Gasteiger partial charge in [0.25, 0.3) is 0 Å². The van der Waals surface area contributed by atoms with Gasteiger partial charge in [0.2, 0.25) is 0 Å². The van der Waals surface area contributed by atoms with E-state index in [-0.39, 0.29) is 32.0 Å². The first-order valence-electron chi connectivity index (χ1n) is 43.5. The Morgan fingerprint density at radius 1 is 0.380 bits per heavy atom. The predicted molar refractivity (Wildman–Crippen MR) is 501 cm³/mol. The number of aliphatic hydroxyl groups is 2. The monoisotopic (exact) mass is 1970 g/mol. The number of hydrogen-bond donors (Lipinski definition) is 2. The first-order chi connectivity index (χ1) is 64.0. The van der Waals surface area contributed by atoms with E-state index in [4.69, 9.17) is 18.9 Å². The topological polar surface area (TPSA) is 227 Å². The molecule has 19 nitrogen and oxygen atoms in total. The number of nitrogens with zero attached hydrogens (tertiary/aromatic N) is 8.